The van der Waals surface area contributed by atoms with Crippen molar-refractivity contribution >= 4 is 5.78 Å². The minimum atomic E-state index is 0.314. The fourth-order valence-electron chi connectivity index (χ4n) is 2.83. The van der Waals surface area contributed by atoms with E-state index in [4.69, 9.17) is 0 Å². The molecule has 1 saturated carbocycles. The van der Waals surface area contributed by atoms with Crippen LogP contribution in [0, 0.1) is 17.8 Å². The van der Waals surface area contributed by atoms with Gasteiger partial charge in [0.15, 0.2) is 0 Å². The molecule has 2 atom stereocenters. The maximum Gasteiger partial charge on any atom is 0.130 e. The summed E-state index contributed by atoms with van der Waals surface area (Å²) in [5.41, 5.74) is 0.314. The molecule has 1 aliphatic heterocycles. The van der Waals surface area contributed by atoms with Crippen molar-refractivity contribution in [3.63, 3.8) is 0 Å². The number of ketones is 1. The molecule has 2 nitrogen and oxygen atoms in total. The molecule has 2 aliphatic rings. The first-order valence-electron chi connectivity index (χ1n) is 5.64. The Morgan fingerprint density at radius 2 is 1.79 bits per heavy atom. The van der Waals surface area contributed by atoms with Crippen LogP contribution in [0.3, 0.4) is 0 Å². The Bertz CT molecular complexity index is 242. The summed E-state index contributed by atoms with van der Waals surface area (Å²) in [4.78, 5) is 13.5. The van der Waals surface area contributed by atoms with Gasteiger partial charge in [-0.2, -0.15) is 0 Å². The van der Waals surface area contributed by atoms with E-state index >= 15 is 0 Å². The predicted molar refractivity (Wildman–Crippen MR) is 57.1 cm³/mol. The number of piperidine rings is 1. The second-order valence-electron chi connectivity index (χ2n) is 5.97. The zero-order valence-corrected chi connectivity index (χ0v) is 9.71. The zero-order valence-electron chi connectivity index (χ0n) is 9.71. The Morgan fingerprint density at radius 3 is 2.14 bits per heavy atom. The molecule has 14 heavy (non-hydrogen) atoms. The van der Waals surface area contributed by atoms with Crippen molar-refractivity contribution < 1.29 is 4.79 Å². The lowest BCUT2D eigenvalue weighted by Gasteiger charge is -2.33. The summed E-state index contributed by atoms with van der Waals surface area (Å²) >= 11 is 0. The lowest BCUT2D eigenvalue weighted by Crippen LogP contribution is -2.41. The third-order valence-corrected chi connectivity index (χ3v) is 3.84. The molecule has 2 fully saturated rings. The van der Waals surface area contributed by atoms with Crippen LogP contribution in [-0.4, -0.2) is 29.3 Å². The summed E-state index contributed by atoms with van der Waals surface area (Å²) in [6, 6.07) is 0. The van der Waals surface area contributed by atoms with E-state index in [1.807, 2.05) is 0 Å². The van der Waals surface area contributed by atoms with Gasteiger partial charge >= 0.3 is 0 Å². The molecule has 80 valence electrons. The van der Waals surface area contributed by atoms with E-state index in [9.17, 15) is 4.79 Å². The maximum absolute atomic E-state index is 11.0. The standard InChI is InChI=1S/C12H21NO/c1-8(14)5-9-10-6-13(7-11(9)10)12(2,3)4/h9-11H,5-7H2,1-4H3. The summed E-state index contributed by atoms with van der Waals surface area (Å²) in [6.45, 7) is 11.0. The van der Waals surface area contributed by atoms with Gasteiger partial charge in [0.2, 0.25) is 0 Å². The van der Waals surface area contributed by atoms with Crippen molar-refractivity contribution in [2.45, 2.75) is 39.7 Å². The highest BCUT2D eigenvalue weighted by Gasteiger charge is 2.56. The topological polar surface area (TPSA) is 20.3 Å². The molecular weight excluding hydrogens is 174 g/mol. The molecule has 0 radical (unpaired) electrons. The molecule has 2 rings (SSSR count). The van der Waals surface area contributed by atoms with E-state index in [0.29, 0.717) is 11.3 Å². The summed E-state index contributed by atoms with van der Waals surface area (Å²) in [6.07, 6.45) is 0.827. The highest BCUT2D eigenvalue weighted by atomic mass is 16.1. The van der Waals surface area contributed by atoms with Gasteiger partial charge in [0.25, 0.3) is 0 Å². The number of carbonyl (C=O) groups is 1. The summed E-state index contributed by atoms with van der Waals surface area (Å²) in [7, 11) is 0. The van der Waals surface area contributed by atoms with Gasteiger partial charge in [-0.1, -0.05) is 0 Å². The van der Waals surface area contributed by atoms with Crippen LogP contribution in [0.5, 0.6) is 0 Å². The molecule has 0 aromatic rings. The van der Waals surface area contributed by atoms with Crippen LogP contribution in [0.1, 0.15) is 34.1 Å². The van der Waals surface area contributed by atoms with Gasteiger partial charge in [0, 0.05) is 25.0 Å². The number of hydrogen-bond acceptors (Lipinski definition) is 2. The second kappa shape index (κ2) is 3.06. The third-order valence-electron chi connectivity index (χ3n) is 3.84. The van der Waals surface area contributed by atoms with Gasteiger partial charge < -0.3 is 4.79 Å². The van der Waals surface area contributed by atoms with Crippen molar-refractivity contribution in [1.82, 2.24) is 4.90 Å². The van der Waals surface area contributed by atoms with Crippen LogP contribution in [0.4, 0.5) is 0 Å². The first-order valence-corrected chi connectivity index (χ1v) is 5.64. The summed E-state index contributed by atoms with van der Waals surface area (Å²) in [5.74, 6) is 2.76. The van der Waals surface area contributed by atoms with Crippen molar-refractivity contribution in [2.24, 2.45) is 17.8 Å². The normalized spacial score (nSPS) is 37.0. The molecule has 0 aromatic carbocycles. The highest BCUT2D eigenvalue weighted by molar-refractivity contribution is 5.76. The van der Waals surface area contributed by atoms with E-state index in [0.717, 1.165) is 24.2 Å². The quantitative estimate of drug-likeness (QED) is 0.671. The van der Waals surface area contributed by atoms with E-state index in [1.165, 1.54) is 13.1 Å². The van der Waals surface area contributed by atoms with Crippen LogP contribution in [0.15, 0.2) is 0 Å². The fraction of sp³-hybridized carbons (Fsp3) is 0.917. The summed E-state index contributed by atoms with van der Waals surface area (Å²) in [5, 5.41) is 0. The fourth-order valence-corrected chi connectivity index (χ4v) is 2.83. The predicted octanol–water partition coefficient (Wildman–Crippen LogP) is 1.94. The number of hydrogen-bond donors (Lipinski definition) is 0. The van der Waals surface area contributed by atoms with Crippen molar-refractivity contribution in [3.05, 3.63) is 0 Å². The zero-order chi connectivity index (χ0) is 10.5. The number of likely N-dealkylation sites (tertiary alicyclic amines) is 1. The number of rotatable bonds is 2. The Balaban J connectivity index is 1.85. The Labute approximate surface area is 86.7 Å². The minimum Gasteiger partial charge on any atom is -0.300 e. The van der Waals surface area contributed by atoms with Gasteiger partial charge in [0.05, 0.1) is 0 Å². The molecular formula is C12H21NO. The first-order chi connectivity index (χ1) is 6.39. The Hall–Kier alpha value is -0.370. The first kappa shape index (κ1) is 10.2. The smallest absolute Gasteiger partial charge is 0.130 e. The molecule has 0 spiro atoms. The lowest BCUT2D eigenvalue weighted by atomic mass is 10.0. The molecule has 0 aromatic heterocycles. The molecule has 0 amide bonds. The second-order valence-corrected chi connectivity index (χ2v) is 5.97. The number of Topliss-reactive ketones (excluding diaryl/α,β-unsaturated/α-hetero) is 1. The maximum atomic E-state index is 11.0. The van der Waals surface area contributed by atoms with E-state index in [-0.39, 0.29) is 0 Å². The molecule has 1 aliphatic carbocycles. The van der Waals surface area contributed by atoms with Crippen molar-refractivity contribution in [2.75, 3.05) is 13.1 Å². The molecule has 1 heterocycles. The van der Waals surface area contributed by atoms with E-state index < -0.39 is 0 Å². The minimum absolute atomic E-state index is 0.314. The van der Waals surface area contributed by atoms with Crippen LogP contribution in [0.2, 0.25) is 0 Å². The van der Waals surface area contributed by atoms with Crippen LogP contribution in [0.25, 0.3) is 0 Å². The number of carbonyl (C=O) groups excluding carboxylic acids is 1. The largest absolute Gasteiger partial charge is 0.300 e. The molecule has 0 N–H and O–H groups in total. The van der Waals surface area contributed by atoms with Gasteiger partial charge in [-0.25, -0.2) is 0 Å². The van der Waals surface area contributed by atoms with Crippen LogP contribution in [-0.2, 0) is 4.79 Å². The molecule has 2 unspecified atom stereocenters. The SMILES string of the molecule is CC(=O)CC1C2CN(C(C)(C)C)CC12. The van der Waals surface area contributed by atoms with Gasteiger partial charge in [0.1, 0.15) is 5.78 Å². The lowest BCUT2D eigenvalue weighted by molar-refractivity contribution is -0.117. The summed E-state index contributed by atoms with van der Waals surface area (Å²) < 4.78 is 0. The van der Waals surface area contributed by atoms with Crippen molar-refractivity contribution in [3.8, 4) is 0 Å². The molecule has 2 heteroatoms. The average Bonchev–Trinajstić information content (AvgIpc) is 2.50. The van der Waals surface area contributed by atoms with Crippen LogP contribution < -0.4 is 0 Å². The third kappa shape index (κ3) is 1.72. The van der Waals surface area contributed by atoms with Gasteiger partial charge in [-0.15, -0.1) is 0 Å². The van der Waals surface area contributed by atoms with Gasteiger partial charge in [-0.3, -0.25) is 4.90 Å². The van der Waals surface area contributed by atoms with Crippen LogP contribution >= 0.6 is 0 Å². The average molecular weight is 195 g/mol. The molecule has 0 bridgehead atoms. The Morgan fingerprint density at radius 1 is 1.29 bits per heavy atom. The van der Waals surface area contributed by atoms with Crippen molar-refractivity contribution in [1.29, 1.82) is 0 Å². The van der Waals surface area contributed by atoms with E-state index in [2.05, 4.69) is 25.7 Å². The van der Waals surface area contributed by atoms with Gasteiger partial charge in [-0.05, 0) is 45.4 Å². The Kier molecular flexibility index (Phi) is 2.22. The van der Waals surface area contributed by atoms with E-state index in [1.54, 1.807) is 6.92 Å². The molecule has 1 saturated heterocycles. The number of nitrogens with zero attached hydrogens (tertiary/aromatic N) is 1. The number of fused-ring (bicyclic) bond motifs is 1. The highest BCUT2D eigenvalue weighted by Crippen LogP contribution is 2.54. The monoisotopic (exact) mass is 195 g/mol.